The van der Waals surface area contributed by atoms with E-state index < -0.39 is 4.92 Å². The molecule has 0 amide bonds. The van der Waals surface area contributed by atoms with Crippen molar-refractivity contribution < 1.29 is 9.66 Å². The molecule has 1 heterocycles. The molecule has 1 N–H and O–H groups in total. The van der Waals surface area contributed by atoms with Crippen LogP contribution in [0.5, 0.6) is 5.75 Å². The van der Waals surface area contributed by atoms with Crippen molar-refractivity contribution in [3.8, 4) is 5.75 Å². The molecular weight excluding hydrogens is 365 g/mol. The highest BCUT2D eigenvalue weighted by Gasteiger charge is 2.14. The quantitative estimate of drug-likeness (QED) is 0.494. The Bertz CT molecular complexity index is 898. The molecule has 8 heteroatoms. The van der Waals surface area contributed by atoms with Crippen LogP contribution in [0.15, 0.2) is 48.8 Å². The Kier molecular flexibility index (Phi) is 5.21. The average Bonchev–Trinajstić information content (AvgIpc) is 3.08. The molecule has 0 radical (unpaired) electrons. The van der Waals surface area contributed by atoms with E-state index in [9.17, 15) is 10.1 Å². The van der Waals surface area contributed by atoms with Crippen LogP contribution in [0.4, 0.5) is 5.69 Å². The van der Waals surface area contributed by atoms with Gasteiger partial charge in [0.1, 0.15) is 18.2 Å². The van der Waals surface area contributed by atoms with Crippen LogP contribution >= 0.6 is 23.2 Å². The Labute approximate surface area is 153 Å². The highest BCUT2D eigenvalue weighted by Crippen LogP contribution is 2.28. The molecule has 3 aromatic rings. The molecule has 0 fully saturated rings. The van der Waals surface area contributed by atoms with Crippen LogP contribution in [0.25, 0.3) is 0 Å². The number of non-ortho nitro benzene ring substituents is 1. The third-order valence-corrected chi connectivity index (χ3v) is 4.15. The zero-order chi connectivity index (χ0) is 17.8. The van der Waals surface area contributed by atoms with Gasteiger partial charge in [0.25, 0.3) is 5.69 Å². The fraction of sp³-hybridized carbons (Fsp3) is 0.118. The standard InChI is InChI=1S/C17H13Cl2N3O3/c18-13-2-1-11(15(19)9-13)10-25-16-4-3-14(22(23)24)7-12(16)8-17-20-5-6-21-17/h1-7,9H,8,10H2,(H,20,21). The van der Waals surface area contributed by atoms with Gasteiger partial charge in [0.05, 0.1) is 4.92 Å². The number of hydrogen-bond acceptors (Lipinski definition) is 4. The molecule has 0 spiro atoms. The summed E-state index contributed by atoms with van der Waals surface area (Å²) in [6, 6.07) is 9.63. The van der Waals surface area contributed by atoms with Crippen molar-refractivity contribution in [1.82, 2.24) is 9.97 Å². The Hall–Kier alpha value is -2.57. The number of aromatic amines is 1. The second kappa shape index (κ2) is 7.55. The number of ether oxygens (including phenoxy) is 1. The highest BCUT2D eigenvalue weighted by atomic mass is 35.5. The number of imidazole rings is 1. The molecular formula is C17H13Cl2N3O3. The van der Waals surface area contributed by atoms with Crippen molar-refractivity contribution in [2.75, 3.05) is 0 Å². The number of rotatable bonds is 6. The number of hydrogen-bond donors (Lipinski definition) is 1. The van der Waals surface area contributed by atoms with Gasteiger partial charge in [-0.05, 0) is 18.2 Å². The monoisotopic (exact) mass is 377 g/mol. The molecule has 25 heavy (non-hydrogen) atoms. The minimum Gasteiger partial charge on any atom is -0.489 e. The number of nitrogens with zero attached hydrogens (tertiary/aromatic N) is 2. The van der Waals surface area contributed by atoms with E-state index in [4.69, 9.17) is 27.9 Å². The van der Waals surface area contributed by atoms with Crippen LogP contribution in [-0.4, -0.2) is 14.9 Å². The molecule has 0 atom stereocenters. The molecule has 0 saturated heterocycles. The van der Waals surface area contributed by atoms with Gasteiger partial charge < -0.3 is 9.72 Å². The third-order valence-electron chi connectivity index (χ3n) is 3.57. The van der Waals surface area contributed by atoms with Crippen LogP contribution < -0.4 is 4.74 Å². The van der Waals surface area contributed by atoms with Crippen LogP contribution in [0, 0.1) is 10.1 Å². The number of nitro benzene ring substituents is 1. The number of halogens is 2. The van der Waals surface area contributed by atoms with Crippen molar-refractivity contribution in [2.45, 2.75) is 13.0 Å². The second-order valence-electron chi connectivity index (χ2n) is 5.29. The molecule has 2 aromatic carbocycles. The summed E-state index contributed by atoms with van der Waals surface area (Å²) >= 11 is 12.0. The molecule has 0 saturated carbocycles. The molecule has 0 unspecified atom stereocenters. The minimum absolute atomic E-state index is 0.00145. The van der Waals surface area contributed by atoms with Gasteiger partial charge in [-0.3, -0.25) is 10.1 Å². The lowest BCUT2D eigenvalue weighted by molar-refractivity contribution is -0.384. The van der Waals surface area contributed by atoms with E-state index in [1.807, 2.05) is 0 Å². The number of H-pyrrole nitrogens is 1. The lowest BCUT2D eigenvalue weighted by Gasteiger charge is -2.12. The summed E-state index contributed by atoms with van der Waals surface area (Å²) in [6.45, 7) is 0.221. The first-order valence-electron chi connectivity index (χ1n) is 7.35. The van der Waals surface area contributed by atoms with Gasteiger partial charge in [-0.2, -0.15) is 0 Å². The molecule has 0 bridgehead atoms. The van der Waals surface area contributed by atoms with Crippen molar-refractivity contribution in [3.05, 3.63) is 85.9 Å². The predicted octanol–water partition coefficient (Wildman–Crippen LogP) is 4.79. The fourth-order valence-electron chi connectivity index (χ4n) is 2.33. The predicted molar refractivity (Wildman–Crippen MR) is 95.3 cm³/mol. The number of nitro groups is 1. The maximum Gasteiger partial charge on any atom is 0.269 e. The van der Waals surface area contributed by atoms with Crippen molar-refractivity contribution >= 4 is 28.9 Å². The Morgan fingerprint density at radius 1 is 1.16 bits per heavy atom. The minimum atomic E-state index is -0.439. The summed E-state index contributed by atoms with van der Waals surface area (Å²) in [4.78, 5) is 17.7. The molecule has 0 aliphatic carbocycles. The van der Waals surface area contributed by atoms with Gasteiger partial charge in [-0.1, -0.05) is 29.3 Å². The van der Waals surface area contributed by atoms with Gasteiger partial charge >= 0.3 is 0 Å². The molecule has 128 valence electrons. The van der Waals surface area contributed by atoms with Crippen molar-refractivity contribution in [1.29, 1.82) is 0 Å². The summed E-state index contributed by atoms with van der Waals surface area (Å²) in [5.41, 5.74) is 1.43. The normalized spacial score (nSPS) is 10.6. The number of benzene rings is 2. The summed E-state index contributed by atoms with van der Waals surface area (Å²) in [6.07, 6.45) is 3.71. The summed E-state index contributed by atoms with van der Waals surface area (Å²) in [7, 11) is 0. The summed E-state index contributed by atoms with van der Waals surface area (Å²) < 4.78 is 5.84. The first-order chi connectivity index (χ1) is 12.0. The van der Waals surface area contributed by atoms with E-state index in [0.717, 1.165) is 5.56 Å². The molecule has 1 aromatic heterocycles. The largest absolute Gasteiger partial charge is 0.489 e. The SMILES string of the molecule is O=[N+]([O-])c1ccc(OCc2ccc(Cl)cc2Cl)c(Cc2ncc[nH]2)c1. The molecule has 0 aliphatic heterocycles. The van der Waals surface area contributed by atoms with Crippen LogP contribution in [0.1, 0.15) is 17.0 Å². The average molecular weight is 378 g/mol. The van der Waals surface area contributed by atoms with Gasteiger partial charge in [0, 0.05) is 52.1 Å². The van der Waals surface area contributed by atoms with E-state index in [0.29, 0.717) is 33.6 Å². The maximum absolute atomic E-state index is 11.0. The van der Waals surface area contributed by atoms with Crippen LogP contribution in [0.2, 0.25) is 10.0 Å². The Morgan fingerprint density at radius 2 is 2.00 bits per heavy atom. The lowest BCUT2D eigenvalue weighted by atomic mass is 10.1. The number of nitrogens with one attached hydrogen (secondary N) is 1. The van der Waals surface area contributed by atoms with Crippen LogP contribution in [0.3, 0.4) is 0 Å². The molecule has 6 nitrogen and oxygen atoms in total. The lowest BCUT2D eigenvalue weighted by Crippen LogP contribution is -2.02. The van der Waals surface area contributed by atoms with Gasteiger partial charge in [-0.25, -0.2) is 4.98 Å². The fourth-order valence-corrected chi connectivity index (χ4v) is 2.79. The van der Waals surface area contributed by atoms with Gasteiger partial charge in [0.2, 0.25) is 0 Å². The topological polar surface area (TPSA) is 81.1 Å². The molecule has 0 aliphatic rings. The summed E-state index contributed by atoms with van der Waals surface area (Å²) in [5, 5.41) is 12.1. The smallest absolute Gasteiger partial charge is 0.269 e. The van der Waals surface area contributed by atoms with E-state index in [1.54, 1.807) is 36.7 Å². The van der Waals surface area contributed by atoms with E-state index in [1.165, 1.54) is 12.1 Å². The maximum atomic E-state index is 11.0. The zero-order valence-corrected chi connectivity index (χ0v) is 14.4. The molecule has 3 rings (SSSR count). The van der Waals surface area contributed by atoms with E-state index >= 15 is 0 Å². The zero-order valence-electron chi connectivity index (χ0n) is 12.9. The number of aromatic nitrogens is 2. The Balaban J connectivity index is 1.85. The van der Waals surface area contributed by atoms with Crippen molar-refractivity contribution in [3.63, 3.8) is 0 Å². The first-order valence-corrected chi connectivity index (χ1v) is 8.11. The van der Waals surface area contributed by atoms with E-state index in [2.05, 4.69) is 9.97 Å². The van der Waals surface area contributed by atoms with Crippen LogP contribution in [-0.2, 0) is 13.0 Å². The van der Waals surface area contributed by atoms with Crippen molar-refractivity contribution in [2.24, 2.45) is 0 Å². The second-order valence-corrected chi connectivity index (χ2v) is 6.13. The third kappa shape index (κ3) is 4.29. The summed E-state index contributed by atoms with van der Waals surface area (Å²) in [5.74, 6) is 1.22. The van der Waals surface area contributed by atoms with Gasteiger partial charge in [-0.15, -0.1) is 0 Å². The van der Waals surface area contributed by atoms with Gasteiger partial charge in [0.15, 0.2) is 0 Å². The first kappa shape index (κ1) is 17.3. The Morgan fingerprint density at radius 3 is 2.68 bits per heavy atom. The highest BCUT2D eigenvalue weighted by molar-refractivity contribution is 6.35. The van der Waals surface area contributed by atoms with E-state index in [-0.39, 0.29) is 12.3 Å².